The fourth-order valence-corrected chi connectivity index (χ4v) is 6.66. The van der Waals surface area contributed by atoms with Gasteiger partial charge in [-0.3, -0.25) is 19.2 Å². The molecule has 4 aliphatic rings. The number of rotatable bonds is 2. The fraction of sp³-hybridized carbons (Fsp3) is 0.654. The van der Waals surface area contributed by atoms with Crippen LogP contribution in [0.25, 0.3) is 0 Å². The molecule has 7 atom stereocenters. The van der Waals surface area contributed by atoms with Crippen LogP contribution >= 0.6 is 0 Å². The van der Waals surface area contributed by atoms with Crippen molar-refractivity contribution < 1.29 is 19.2 Å². The van der Waals surface area contributed by atoms with Crippen LogP contribution < -0.4 is 16.0 Å². The quantitative estimate of drug-likeness (QED) is 0.523. The molecule has 0 unspecified atom stereocenters. The van der Waals surface area contributed by atoms with E-state index in [1.54, 1.807) is 4.90 Å². The van der Waals surface area contributed by atoms with Crippen LogP contribution in [-0.2, 0) is 14.4 Å². The summed E-state index contributed by atoms with van der Waals surface area (Å²) in [5.74, 6) is -1.34. The Morgan fingerprint density at radius 2 is 2.00 bits per heavy atom. The van der Waals surface area contributed by atoms with Gasteiger partial charge in [0.05, 0.1) is 6.07 Å². The molecule has 1 aromatic rings. The van der Waals surface area contributed by atoms with E-state index >= 15 is 0 Å². The van der Waals surface area contributed by atoms with Crippen molar-refractivity contribution in [1.82, 2.24) is 30.8 Å². The van der Waals surface area contributed by atoms with E-state index in [1.807, 2.05) is 0 Å². The molecule has 11 nitrogen and oxygen atoms in total. The maximum atomic E-state index is 13.8. The number of nitriles is 1. The van der Waals surface area contributed by atoms with Gasteiger partial charge in [-0.2, -0.15) is 5.26 Å². The summed E-state index contributed by atoms with van der Waals surface area (Å²) < 4.78 is 0. The largest absolute Gasteiger partial charge is 0.356 e. The molecule has 5 rings (SSSR count). The SMILES string of the molecule is CC1(C)[C@@H]2[C@H]3C(=O)N[C@H](C#N)C[C@@H]4C(=O)NC[C@@H]4CCCC[C@H](NC(=O)c4ccncn4)C(=O)N3C[C@@H]21. The van der Waals surface area contributed by atoms with E-state index in [2.05, 4.69) is 45.8 Å². The summed E-state index contributed by atoms with van der Waals surface area (Å²) in [5, 5.41) is 18.4. The Kier molecular flexibility index (Phi) is 6.60. The molecule has 1 aliphatic carbocycles. The summed E-state index contributed by atoms with van der Waals surface area (Å²) in [7, 11) is 0. The average molecular weight is 508 g/mol. The Hall–Kier alpha value is -3.55. The first-order valence-electron chi connectivity index (χ1n) is 13.1. The number of nitrogens with one attached hydrogen (secondary N) is 3. The second kappa shape index (κ2) is 9.72. The first kappa shape index (κ1) is 25.1. The smallest absolute Gasteiger partial charge is 0.270 e. The average Bonchev–Trinajstić information content (AvgIpc) is 3.20. The van der Waals surface area contributed by atoms with Crippen LogP contribution in [0.2, 0.25) is 0 Å². The van der Waals surface area contributed by atoms with Gasteiger partial charge in [0, 0.05) is 25.2 Å². The van der Waals surface area contributed by atoms with Crippen molar-refractivity contribution in [1.29, 1.82) is 5.26 Å². The summed E-state index contributed by atoms with van der Waals surface area (Å²) in [4.78, 5) is 62.3. The predicted octanol–water partition coefficient (Wildman–Crippen LogP) is 0.393. The lowest BCUT2D eigenvalue weighted by Gasteiger charge is -2.34. The lowest BCUT2D eigenvalue weighted by Crippen LogP contribution is -2.57. The van der Waals surface area contributed by atoms with Gasteiger partial charge in [-0.1, -0.05) is 26.7 Å². The Morgan fingerprint density at radius 1 is 1.22 bits per heavy atom. The van der Waals surface area contributed by atoms with Crippen molar-refractivity contribution in [3.63, 3.8) is 0 Å². The maximum Gasteiger partial charge on any atom is 0.270 e. The van der Waals surface area contributed by atoms with E-state index in [9.17, 15) is 24.4 Å². The number of carbonyl (C=O) groups is 4. The van der Waals surface area contributed by atoms with Crippen molar-refractivity contribution in [2.75, 3.05) is 13.1 Å². The number of piperidine rings is 1. The topological polar surface area (TPSA) is 157 Å². The molecule has 3 aliphatic heterocycles. The van der Waals surface area contributed by atoms with Gasteiger partial charge >= 0.3 is 0 Å². The molecule has 1 aromatic heterocycles. The number of carbonyl (C=O) groups excluding carboxylic acids is 4. The first-order valence-corrected chi connectivity index (χ1v) is 13.1. The molecule has 4 fully saturated rings. The molecule has 0 aromatic carbocycles. The summed E-state index contributed by atoms with van der Waals surface area (Å²) in [6, 6.07) is 1.28. The normalized spacial score (nSPS) is 35.1. The Balaban J connectivity index is 1.42. The molecule has 196 valence electrons. The van der Waals surface area contributed by atoms with E-state index in [0.717, 1.165) is 12.8 Å². The van der Waals surface area contributed by atoms with Crippen molar-refractivity contribution >= 4 is 23.6 Å². The summed E-state index contributed by atoms with van der Waals surface area (Å²) in [6.45, 7) is 5.15. The third-order valence-electron chi connectivity index (χ3n) is 8.90. The van der Waals surface area contributed by atoms with Gasteiger partial charge in [-0.15, -0.1) is 0 Å². The van der Waals surface area contributed by atoms with E-state index in [4.69, 9.17) is 0 Å². The molecule has 1 saturated carbocycles. The van der Waals surface area contributed by atoms with Crippen molar-refractivity contribution in [2.24, 2.45) is 29.1 Å². The molecular formula is C26H33N7O4. The molecule has 0 spiro atoms. The molecule has 11 heteroatoms. The minimum Gasteiger partial charge on any atom is -0.356 e. The molecule has 37 heavy (non-hydrogen) atoms. The van der Waals surface area contributed by atoms with Crippen LogP contribution in [0.4, 0.5) is 0 Å². The lowest BCUT2D eigenvalue weighted by atomic mass is 9.85. The van der Waals surface area contributed by atoms with Gasteiger partial charge in [-0.05, 0) is 48.5 Å². The molecule has 4 heterocycles. The minimum absolute atomic E-state index is 0.0237. The second-order valence-corrected chi connectivity index (χ2v) is 11.3. The van der Waals surface area contributed by atoms with E-state index in [-0.39, 0.29) is 58.9 Å². The van der Waals surface area contributed by atoms with Gasteiger partial charge in [0.15, 0.2) is 0 Å². The summed E-state index contributed by atoms with van der Waals surface area (Å²) in [5.41, 5.74) is 0.0693. The zero-order valence-electron chi connectivity index (χ0n) is 21.1. The summed E-state index contributed by atoms with van der Waals surface area (Å²) in [6.07, 6.45) is 5.61. The maximum absolute atomic E-state index is 13.8. The van der Waals surface area contributed by atoms with Crippen LogP contribution in [0.15, 0.2) is 18.6 Å². The zero-order chi connectivity index (χ0) is 26.3. The fourth-order valence-electron chi connectivity index (χ4n) is 6.66. The number of hydrogen-bond acceptors (Lipinski definition) is 7. The number of nitrogens with zero attached hydrogens (tertiary/aromatic N) is 4. The summed E-state index contributed by atoms with van der Waals surface area (Å²) >= 11 is 0. The molecule has 4 amide bonds. The monoisotopic (exact) mass is 507 g/mol. The first-order chi connectivity index (χ1) is 17.7. The van der Waals surface area contributed by atoms with Crippen molar-refractivity contribution in [2.45, 2.75) is 64.1 Å². The van der Waals surface area contributed by atoms with Crippen LogP contribution in [-0.4, -0.2) is 69.7 Å². The Bertz CT molecular complexity index is 1130. The van der Waals surface area contributed by atoms with Crippen molar-refractivity contribution in [3.8, 4) is 6.07 Å². The van der Waals surface area contributed by atoms with Crippen molar-refractivity contribution in [3.05, 3.63) is 24.3 Å². The van der Waals surface area contributed by atoms with Gasteiger partial charge in [0.2, 0.25) is 17.7 Å². The predicted molar refractivity (Wildman–Crippen MR) is 130 cm³/mol. The standard InChI is InChI=1S/C26H33N7O4/c1-26(2)17-12-33-21(20(17)26)24(36)31-15(10-27)9-16-14(11-29-22(16)34)5-3-4-6-19(25(33)37)32-23(35)18-7-8-28-13-30-18/h7-8,13-17,19-21H,3-6,9,11-12H2,1-2H3,(H,29,34)(H,31,36)(H,32,35)/t14-,15-,16-,17-,19-,20-,21-/m0/s1. The van der Waals surface area contributed by atoms with Gasteiger partial charge in [0.1, 0.15) is 30.1 Å². The van der Waals surface area contributed by atoms with Crippen LogP contribution in [0.5, 0.6) is 0 Å². The number of fused-ring (bicyclic) bond motifs is 4. The second-order valence-electron chi connectivity index (χ2n) is 11.3. The highest BCUT2D eigenvalue weighted by molar-refractivity contribution is 5.97. The number of amides is 4. The number of hydrogen-bond donors (Lipinski definition) is 3. The van der Waals surface area contributed by atoms with Crippen LogP contribution in [0.3, 0.4) is 0 Å². The van der Waals surface area contributed by atoms with E-state index in [0.29, 0.717) is 25.9 Å². The molecule has 3 N–H and O–H groups in total. The minimum atomic E-state index is -0.821. The zero-order valence-corrected chi connectivity index (χ0v) is 21.1. The molecule has 0 radical (unpaired) electrons. The molecule has 3 saturated heterocycles. The van der Waals surface area contributed by atoms with Gasteiger partial charge in [0.25, 0.3) is 5.91 Å². The third kappa shape index (κ3) is 4.65. The van der Waals surface area contributed by atoms with Gasteiger partial charge in [-0.25, -0.2) is 9.97 Å². The highest BCUT2D eigenvalue weighted by Gasteiger charge is 2.69. The van der Waals surface area contributed by atoms with Gasteiger partial charge < -0.3 is 20.9 Å². The molecule has 0 bridgehead atoms. The van der Waals surface area contributed by atoms with E-state index in [1.165, 1.54) is 18.6 Å². The lowest BCUT2D eigenvalue weighted by molar-refractivity contribution is -0.142. The Labute approximate surface area is 215 Å². The van der Waals surface area contributed by atoms with E-state index < -0.39 is 24.0 Å². The van der Waals surface area contributed by atoms with Crippen LogP contribution in [0, 0.1) is 40.4 Å². The number of aromatic nitrogens is 2. The van der Waals surface area contributed by atoms with Crippen LogP contribution in [0.1, 0.15) is 56.4 Å². The highest BCUT2D eigenvalue weighted by atomic mass is 16.2. The molecular weight excluding hydrogens is 474 g/mol. The highest BCUT2D eigenvalue weighted by Crippen LogP contribution is 2.65. The third-order valence-corrected chi connectivity index (χ3v) is 8.90. The Morgan fingerprint density at radius 3 is 2.73 bits per heavy atom.